The largest absolute Gasteiger partial charge is 0.397 e. The summed E-state index contributed by atoms with van der Waals surface area (Å²) in [7, 11) is 0. The van der Waals surface area contributed by atoms with Gasteiger partial charge in [0.1, 0.15) is 10.7 Å². The van der Waals surface area contributed by atoms with Crippen LogP contribution in [0.2, 0.25) is 0 Å². The smallest absolute Gasteiger partial charge is 0.267 e. The number of carbonyl (C=O) groups excluding carboxylic acids is 1. The molecule has 0 atom stereocenters. The predicted octanol–water partition coefficient (Wildman–Crippen LogP) is 3.48. The van der Waals surface area contributed by atoms with Gasteiger partial charge in [0.15, 0.2) is 0 Å². The average Bonchev–Trinajstić information content (AvgIpc) is 2.70. The van der Waals surface area contributed by atoms with Crippen molar-refractivity contribution in [2.24, 2.45) is 0 Å². The van der Waals surface area contributed by atoms with E-state index in [1.165, 1.54) is 29.5 Å². The van der Waals surface area contributed by atoms with Crippen LogP contribution in [0.4, 0.5) is 15.8 Å². The van der Waals surface area contributed by atoms with Crippen LogP contribution in [-0.4, -0.2) is 5.91 Å². The Kier molecular flexibility index (Phi) is 3.44. The lowest BCUT2D eigenvalue weighted by atomic mass is 10.3. The lowest BCUT2D eigenvalue weighted by Crippen LogP contribution is -2.11. The molecule has 1 heterocycles. The highest BCUT2D eigenvalue weighted by Crippen LogP contribution is 2.23. The van der Waals surface area contributed by atoms with Crippen molar-refractivity contribution in [1.82, 2.24) is 0 Å². The monoisotopic (exact) mass is 314 g/mol. The Bertz CT molecular complexity index is 570. The summed E-state index contributed by atoms with van der Waals surface area (Å²) in [5, 5.41) is 4.39. The maximum absolute atomic E-state index is 13.0. The Hall–Kier alpha value is -1.40. The molecule has 17 heavy (non-hydrogen) atoms. The van der Waals surface area contributed by atoms with Gasteiger partial charge in [-0.3, -0.25) is 4.79 Å². The van der Waals surface area contributed by atoms with Crippen molar-refractivity contribution in [2.75, 3.05) is 11.1 Å². The second-order valence-electron chi connectivity index (χ2n) is 3.29. The fraction of sp³-hybridized carbons (Fsp3) is 0. The number of hydrogen-bond acceptors (Lipinski definition) is 3. The SMILES string of the molecule is Nc1ccsc1C(=O)Nc1ccc(F)c(Br)c1. The third-order valence-corrected chi connectivity index (χ3v) is 3.62. The summed E-state index contributed by atoms with van der Waals surface area (Å²) in [5.41, 5.74) is 6.58. The molecule has 88 valence electrons. The minimum absolute atomic E-state index is 0.295. The molecule has 2 rings (SSSR count). The number of nitrogen functional groups attached to an aromatic ring is 1. The number of hydrogen-bond donors (Lipinski definition) is 2. The number of nitrogens with two attached hydrogens (primary N) is 1. The third kappa shape index (κ3) is 2.65. The summed E-state index contributed by atoms with van der Waals surface area (Å²) < 4.78 is 13.3. The fourth-order valence-electron chi connectivity index (χ4n) is 1.27. The van der Waals surface area contributed by atoms with Gasteiger partial charge in [0.25, 0.3) is 5.91 Å². The minimum Gasteiger partial charge on any atom is -0.397 e. The maximum Gasteiger partial charge on any atom is 0.267 e. The Labute approximate surface area is 110 Å². The molecule has 0 saturated heterocycles. The van der Waals surface area contributed by atoms with Crippen molar-refractivity contribution in [1.29, 1.82) is 0 Å². The van der Waals surface area contributed by atoms with Crippen molar-refractivity contribution in [2.45, 2.75) is 0 Å². The fourth-order valence-corrected chi connectivity index (χ4v) is 2.36. The first-order valence-corrected chi connectivity index (χ1v) is 6.34. The zero-order valence-corrected chi connectivity index (χ0v) is 10.9. The van der Waals surface area contributed by atoms with Crippen LogP contribution in [0.25, 0.3) is 0 Å². The van der Waals surface area contributed by atoms with Crippen LogP contribution in [0.5, 0.6) is 0 Å². The van der Waals surface area contributed by atoms with Crippen molar-refractivity contribution in [3.8, 4) is 0 Å². The second kappa shape index (κ2) is 4.85. The Morgan fingerprint density at radius 2 is 2.18 bits per heavy atom. The van der Waals surface area contributed by atoms with E-state index >= 15 is 0 Å². The Morgan fingerprint density at radius 1 is 1.41 bits per heavy atom. The first kappa shape index (κ1) is 12.1. The zero-order valence-electron chi connectivity index (χ0n) is 8.54. The Balaban J connectivity index is 2.19. The Morgan fingerprint density at radius 3 is 2.76 bits per heavy atom. The van der Waals surface area contributed by atoms with Crippen molar-refractivity contribution in [3.05, 3.63) is 44.8 Å². The van der Waals surface area contributed by atoms with Crippen LogP contribution in [-0.2, 0) is 0 Å². The van der Waals surface area contributed by atoms with Crippen LogP contribution in [0.15, 0.2) is 34.1 Å². The highest BCUT2D eigenvalue weighted by Gasteiger charge is 2.11. The normalized spacial score (nSPS) is 10.2. The number of nitrogens with one attached hydrogen (secondary N) is 1. The number of thiophene rings is 1. The highest BCUT2D eigenvalue weighted by molar-refractivity contribution is 9.10. The van der Waals surface area contributed by atoms with E-state index in [1.807, 2.05) is 0 Å². The van der Waals surface area contributed by atoms with E-state index in [2.05, 4.69) is 21.2 Å². The van der Waals surface area contributed by atoms with Gasteiger partial charge in [0.05, 0.1) is 10.2 Å². The van der Waals surface area contributed by atoms with Gasteiger partial charge in [-0.2, -0.15) is 0 Å². The van der Waals surface area contributed by atoms with Gasteiger partial charge in [0.2, 0.25) is 0 Å². The first-order valence-electron chi connectivity index (χ1n) is 4.67. The highest BCUT2D eigenvalue weighted by atomic mass is 79.9. The molecular formula is C11H8BrFN2OS. The van der Waals surface area contributed by atoms with Gasteiger partial charge < -0.3 is 11.1 Å². The lowest BCUT2D eigenvalue weighted by molar-refractivity contribution is 0.103. The number of amides is 1. The first-order chi connectivity index (χ1) is 8.08. The number of carbonyl (C=O) groups is 1. The summed E-state index contributed by atoms with van der Waals surface area (Å²) in [6, 6.07) is 5.93. The van der Waals surface area contributed by atoms with Crippen LogP contribution in [0.1, 0.15) is 9.67 Å². The van der Waals surface area contributed by atoms with E-state index in [-0.39, 0.29) is 11.7 Å². The van der Waals surface area contributed by atoms with E-state index in [0.29, 0.717) is 20.7 Å². The van der Waals surface area contributed by atoms with Crippen LogP contribution < -0.4 is 11.1 Å². The molecule has 0 aliphatic carbocycles. The second-order valence-corrected chi connectivity index (χ2v) is 5.06. The van der Waals surface area contributed by atoms with Gasteiger partial charge in [-0.15, -0.1) is 11.3 Å². The standard InChI is InChI=1S/C11H8BrFN2OS/c12-7-5-6(1-2-8(7)13)15-11(16)10-9(14)3-4-17-10/h1-5H,14H2,(H,15,16). The van der Waals surface area contributed by atoms with Crippen LogP contribution in [0, 0.1) is 5.82 Å². The average molecular weight is 315 g/mol. The molecule has 0 aliphatic heterocycles. The molecule has 6 heteroatoms. The number of benzene rings is 1. The molecule has 0 unspecified atom stereocenters. The molecule has 0 fully saturated rings. The molecule has 3 N–H and O–H groups in total. The predicted molar refractivity (Wildman–Crippen MR) is 70.8 cm³/mol. The quantitative estimate of drug-likeness (QED) is 0.891. The summed E-state index contributed by atoms with van der Waals surface area (Å²) >= 11 is 4.31. The van der Waals surface area contributed by atoms with Gasteiger partial charge in [0, 0.05) is 5.69 Å². The van der Waals surface area contributed by atoms with Crippen molar-refractivity contribution < 1.29 is 9.18 Å². The number of halogens is 2. The van der Waals surface area contributed by atoms with Crippen molar-refractivity contribution >= 4 is 44.5 Å². The number of anilines is 2. The third-order valence-electron chi connectivity index (χ3n) is 2.08. The molecule has 1 aromatic heterocycles. The molecule has 3 nitrogen and oxygen atoms in total. The lowest BCUT2D eigenvalue weighted by Gasteiger charge is -2.05. The molecule has 0 radical (unpaired) electrons. The molecule has 1 amide bonds. The molecular weight excluding hydrogens is 307 g/mol. The maximum atomic E-state index is 13.0. The zero-order chi connectivity index (χ0) is 12.4. The summed E-state index contributed by atoms with van der Waals surface area (Å²) in [6.07, 6.45) is 0. The van der Waals surface area contributed by atoms with Gasteiger partial charge in [-0.25, -0.2) is 4.39 Å². The van der Waals surface area contributed by atoms with E-state index < -0.39 is 0 Å². The molecule has 2 aromatic rings. The van der Waals surface area contributed by atoms with Crippen molar-refractivity contribution in [3.63, 3.8) is 0 Å². The molecule has 0 saturated carbocycles. The molecule has 0 aliphatic rings. The van der Waals surface area contributed by atoms with E-state index in [4.69, 9.17) is 5.73 Å². The van der Waals surface area contributed by atoms with Gasteiger partial charge in [-0.05, 0) is 45.6 Å². The van der Waals surface area contributed by atoms with E-state index in [9.17, 15) is 9.18 Å². The van der Waals surface area contributed by atoms with E-state index in [0.717, 1.165) is 0 Å². The molecule has 1 aromatic carbocycles. The summed E-state index contributed by atoms with van der Waals surface area (Å²) in [4.78, 5) is 12.3. The van der Waals surface area contributed by atoms with Crippen LogP contribution in [0.3, 0.4) is 0 Å². The van der Waals surface area contributed by atoms with Gasteiger partial charge >= 0.3 is 0 Å². The molecule has 0 bridgehead atoms. The summed E-state index contributed by atoms with van der Waals surface area (Å²) in [6.45, 7) is 0. The molecule has 0 spiro atoms. The van der Waals surface area contributed by atoms with E-state index in [1.54, 1.807) is 11.4 Å². The van der Waals surface area contributed by atoms with Gasteiger partial charge in [-0.1, -0.05) is 0 Å². The summed E-state index contributed by atoms with van der Waals surface area (Å²) in [5.74, 6) is -0.672. The minimum atomic E-state index is -0.376. The number of rotatable bonds is 2. The van der Waals surface area contributed by atoms with Crippen LogP contribution >= 0.6 is 27.3 Å². The topological polar surface area (TPSA) is 55.1 Å².